The Morgan fingerprint density at radius 2 is 1.79 bits per heavy atom. The molecule has 0 radical (unpaired) electrons. The van der Waals surface area contributed by atoms with Crippen molar-refractivity contribution in [3.63, 3.8) is 0 Å². The van der Waals surface area contributed by atoms with Crippen molar-refractivity contribution in [1.29, 1.82) is 0 Å². The van der Waals surface area contributed by atoms with Crippen LogP contribution in [-0.4, -0.2) is 28.9 Å². The lowest BCUT2D eigenvalue weighted by atomic mass is 9.92. The Morgan fingerprint density at radius 1 is 1.03 bits per heavy atom. The molecule has 7 heteroatoms. The lowest BCUT2D eigenvalue weighted by Gasteiger charge is -2.23. The van der Waals surface area contributed by atoms with Crippen LogP contribution in [0, 0.1) is 20.8 Å². The molecule has 1 fully saturated rings. The van der Waals surface area contributed by atoms with Crippen LogP contribution in [0.3, 0.4) is 0 Å². The van der Waals surface area contributed by atoms with E-state index in [1.165, 1.54) is 21.8 Å². The van der Waals surface area contributed by atoms with Crippen LogP contribution in [0.1, 0.15) is 59.2 Å². The summed E-state index contributed by atoms with van der Waals surface area (Å²) in [6.45, 7) is 9.93. The van der Waals surface area contributed by atoms with E-state index in [4.69, 9.17) is 9.72 Å². The standard InChI is InChI=1S/C31H30N2O4S/c1-16(2)20-10-11-23-25(15-20)38-31(32-23)33-27(21-9-7-8-17(3)12-21)26(29(35)30(33)36)28(34)22-13-19(5)24(37-6)14-18(22)4/h7-16,27,34H,1-6H3/b28-26+. The lowest BCUT2D eigenvalue weighted by molar-refractivity contribution is -0.132. The molecular weight excluding hydrogens is 496 g/mol. The van der Waals surface area contributed by atoms with Gasteiger partial charge in [0.05, 0.1) is 28.9 Å². The number of rotatable bonds is 5. The number of thiazole rings is 1. The number of anilines is 1. The summed E-state index contributed by atoms with van der Waals surface area (Å²) in [7, 11) is 1.59. The average molecular weight is 527 g/mol. The Balaban J connectivity index is 1.73. The minimum Gasteiger partial charge on any atom is -0.507 e. The van der Waals surface area contributed by atoms with Crippen LogP contribution in [0.5, 0.6) is 5.75 Å². The fraction of sp³-hybridized carbons (Fsp3) is 0.258. The highest BCUT2D eigenvalue weighted by Crippen LogP contribution is 2.45. The first-order valence-electron chi connectivity index (χ1n) is 12.5. The van der Waals surface area contributed by atoms with Crippen LogP contribution in [0.15, 0.2) is 60.2 Å². The van der Waals surface area contributed by atoms with E-state index >= 15 is 0 Å². The average Bonchev–Trinajstić information content (AvgIpc) is 3.42. The number of carbonyl (C=O) groups is 2. The van der Waals surface area contributed by atoms with Gasteiger partial charge in [0, 0.05) is 5.56 Å². The Bertz CT molecular complexity index is 1630. The predicted molar refractivity (Wildman–Crippen MR) is 152 cm³/mol. The molecule has 1 aliphatic rings. The van der Waals surface area contributed by atoms with Crippen molar-refractivity contribution in [2.75, 3.05) is 12.0 Å². The zero-order valence-electron chi connectivity index (χ0n) is 22.3. The second-order valence-electron chi connectivity index (χ2n) is 10.1. The lowest BCUT2D eigenvalue weighted by Crippen LogP contribution is -2.29. The van der Waals surface area contributed by atoms with Gasteiger partial charge in [0.1, 0.15) is 11.5 Å². The topological polar surface area (TPSA) is 79.7 Å². The van der Waals surface area contributed by atoms with Gasteiger partial charge in [-0.2, -0.15) is 0 Å². The first kappa shape index (κ1) is 25.7. The maximum Gasteiger partial charge on any atom is 0.301 e. The Kier molecular flexibility index (Phi) is 6.57. The number of aliphatic hydroxyl groups excluding tert-OH is 1. The number of benzene rings is 3. The van der Waals surface area contributed by atoms with Gasteiger partial charge >= 0.3 is 5.91 Å². The summed E-state index contributed by atoms with van der Waals surface area (Å²) in [6, 6.07) is 16.5. The number of hydrogen-bond acceptors (Lipinski definition) is 6. The number of ether oxygens (including phenoxy) is 1. The zero-order valence-corrected chi connectivity index (χ0v) is 23.1. The van der Waals surface area contributed by atoms with Gasteiger partial charge < -0.3 is 9.84 Å². The largest absolute Gasteiger partial charge is 0.507 e. The van der Waals surface area contributed by atoms with Crippen molar-refractivity contribution in [3.05, 3.63) is 93.6 Å². The monoisotopic (exact) mass is 526 g/mol. The number of amides is 1. The van der Waals surface area contributed by atoms with Gasteiger partial charge in [-0.3, -0.25) is 14.5 Å². The second kappa shape index (κ2) is 9.72. The molecule has 0 saturated carbocycles. The van der Waals surface area contributed by atoms with E-state index in [-0.39, 0.29) is 11.3 Å². The van der Waals surface area contributed by atoms with Gasteiger partial charge in [-0.25, -0.2) is 4.98 Å². The molecule has 1 aliphatic heterocycles. The van der Waals surface area contributed by atoms with Crippen molar-refractivity contribution < 1.29 is 19.4 Å². The first-order chi connectivity index (χ1) is 18.1. The molecule has 6 nitrogen and oxygen atoms in total. The van der Waals surface area contributed by atoms with E-state index in [1.807, 2.05) is 63.2 Å². The summed E-state index contributed by atoms with van der Waals surface area (Å²) in [5, 5.41) is 12.0. The second-order valence-corrected chi connectivity index (χ2v) is 11.1. The highest BCUT2D eigenvalue weighted by molar-refractivity contribution is 7.22. The number of hydrogen-bond donors (Lipinski definition) is 1. The van der Waals surface area contributed by atoms with Crippen LogP contribution in [0.2, 0.25) is 0 Å². The van der Waals surface area contributed by atoms with E-state index in [0.717, 1.165) is 32.5 Å². The maximum absolute atomic E-state index is 13.6. The van der Waals surface area contributed by atoms with E-state index in [2.05, 4.69) is 19.9 Å². The molecule has 1 aromatic heterocycles. The number of carbonyl (C=O) groups excluding carboxylic acids is 2. The van der Waals surface area contributed by atoms with Gasteiger partial charge in [-0.15, -0.1) is 0 Å². The molecule has 0 bridgehead atoms. The number of nitrogens with zero attached hydrogens (tertiary/aromatic N) is 2. The van der Waals surface area contributed by atoms with Crippen LogP contribution in [0.4, 0.5) is 5.13 Å². The number of Topliss-reactive ketones (excluding diaryl/α,β-unsaturated/α-hetero) is 1. The summed E-state index contributed by atoms with van der Waals surface area (Å²) in [5.41, 5.74) is 5.75. The van der Waals surface area contributed by atoms with Gasteiger partial charge in [0.2, 0.25) is 0 Å². The maximum atomic E-state index is 13.6. The molecule has 1 saturated heterocycles. The summed E-state index contributed by atoms with van der Waals surface area (Å²) in [6.07, 6.45) is 0. The van der Waals surface area contributed by atoms with Crippen molar-refractivity contribution in [2.45, 2.75) is 46.6 Å². The Hall–Kier alpha value is -3.97. The third-order valence-corrected chi connectivity index (χ3v) is 8.09. The number of aliphatic hydroxyl groups is 1. The Morgan fingerprint density at radius 3 is 2.47 bits per heavy atom. The van der Waals surface area contributed by atoms with Gasteiger partial charge in [0.25, 0.3) is 5.78 Å². The summed E-state index contributed by atoms with van der Waals surface area (Å²) >= 11 is 1.38. The summed E-state index contributed by atoms with van der Waals surface area (Å²) in [4.78, 5) is 33.4. The molecule has 0 spiro atoms. The van der Waals surface area contributed by atoms with Crippen LogP contribution < -0.4 is 9.64 Å². The molecule has 5 rings (SSSR count). The van der Waals surface area contributed by atoms with Crippen LogP contribution in [0.25, 0.3) is 16.0 Å². The molecular formula is C31H30N2O4S. The summed E-state index contributed by atoms with van der Waals surface area (Å²) in [5.74, 6) is -0.607. The fourth-order valence-electron chi connectivity index (χ4n) is 4.99. The molecule has 3 aromatic carbocycles. The van der Waals surface area contributed by atoms with Gasteiger partial charge in [-0.1, -0.05) is 61.1 Å². The third-order valence-electron chi connectivity index (χ3n) is 7.07. The molecule has 1 unspecified atom stereocenters. The molecule has 4 aromatic rings. The molecule has 1 amide bonds. The zero-order chi connectivity index (χ0) is 27.3. The summed E-state index contributed by atoms with van der Waals surface area (Å²) < 4.78 is 6.36. The van der Waals surface area contributed by atoms with Crippen molar-refractivity contribution in [1.82, 2.24) is 4.98 Å². The molecule has 2 heterocycles. The third kappa shape index (κ3) is 4.27. The van der Waals surface area contributed by atoms with Crippen molar-refractivity contribution in [3.8, 4) is 5.75 Å². The van der Waals surface area contributed by atoms with Crippen LogP contribution in [-0.2, 0) is 9.59 Å². The van der Waals surface area contributed by atoms with Gasteiger partial charge in [-0.05, 0) is 73.2 Å². The Labute approximate surface area is 226 Å². The van der Waals surface area contributed by atoms with Crippen molar-refractivity contribution >= 4 is 44.1 Å². The molecule has 0 aliphatic carbocycles. The first-order valence-corrected chi connectivity index (χ1v) is 13.4. The predicted octanol–water partition coefficient (Wildman–Crippen LogP) is 6.98. The van der Waals surface area contributed by atoms with Crippen LogP contribution >= 0.6 is 11.3 Å². The number of aryl methyl sites for hydroxylation is 3. The number of methoxy groups -OCH3 is 1. The number of ketones is 1. The van der Waals surface area contributed by atoms with E-state index in [1.54, 1.807) is 13.2 Å². The van der Waals surface area contributed by atoms with E-state index in [9.17, 15) is 14.7 Å². The minimum absolute atomic E-state index is 0.0513. The molecule has 1 N–H and O–H groups in total. The number of fused-ring (bicyclic) bond motifs is 1. The normalized spacial score (nSPS) is 17.1. The van der Waals surface area contributed by atoms with Gasteiger partial charge in [0.15, 0.2) is 5.13 Å². The quantitative estimate of drug-likeness (QED) is 0.172. The highest BCUT2D eigenvalue weighted by Gasteiger charge is 2.48. The van der Waals surface area contributed by atoms with E-state index < -0.39 is 17.7 Å². The molecule has 194 valence electrons. The highest BCUT2D eigenvalue weighted by atomic mass is 32.1. The van der Waals surface area contributed by atoms with E-state index in [0.29, 0.717) is 22.4 Å². The SMILES string of the molecule is COc1cc(C)c(/C(O)=C2\C(=O)C(=O)N(c3nc4ccc(C(C)C)cc4s3)C2c2cccc(C)c2)cc1C. The smallest absolute Gasteiger partial charge is 0.301 e. The minimum atomic E-state index is -0.818. The number of aromatic nitrogens is 1. The fourth-order valence-corrected chi connectivity index (χ4v) is 6.03. The van der Waals surface area contributed by atoms with Crippen molar-refractivity contribution in [2.24, 2.45) is 0 Å². The molecule has 38 heavy (non-hydrogen) atoms. The molecule has 1 atom stereocenters.